The van der Waals surface area contributed by atoms with Crippen LogP contribution in [0.5, 0.6) is 0 Å². The SMILES string of the molecule is CCN1CCC/C1=C\C=C1/CCCC(/C=C/C2=[N+](CS(=O)(=O)O)CCC2)=C1C. The molecule has 5 nitrogen and oxygen atoms in total. The summed E-state index contributed by atoms with van der Waals surface area (Å²) < 4.78 is 33.3. The molecular weight excluding hydrogens is 372 g/mol. The highest BCUT2D eigenvalue weighted by Gasteiger charge is 2.25. The predicted octanol–water partition coefficient (Wildman–Crippen LogP) is 4.06. The van der Waals surface area contributed by atoms with E-state index in [1.54, 1.807) is 4.58 Å². The standard InChI is InChI=1S/C22H32N2O3S/c1-3-23-15-5-9-21(23)13-11-19-7-4-8-20(18(19)2)12-14-22-10-6-16-24(22)17-28(25,26)27/h11-14H,3-10,15-17H2,1-2H3/p+1. The Labute approximate surface area is 169 Å². The van der Waals surface area contributed by atoms with Gasteiger partial charge in [0.25, 0.3) is 5.88 Å². The average Bonchev–Trinajstić information content (AvgIpc) is 3.27. The van der Waals surface area contributed by atoms with Crippen LogP contribution in [-0.2, 0) is 10.1 Å². The lowest BCUT2D eigenvalue weighted by molar-refractivity contribution is -0.500. The highest BCUT2D eigenvalue weighted by atomic mass is 32.2. The van der Waals surface area contributed by atoms with Gasteiger partial charge in [-0.1, -0.05) is 12.2 Å². The van der Waals surface area contributed by atoms with Gasteiger partial charge >= 0.3 is 10.1 Å². The molecule has 0 amide bonds. The molecule has 0 bridgehead atoms. The van der Waals surface area contributed by atoms with Crippen molar-refractivity contribution in [3.05, 3.63) is 46.7 Å². The van der Waals surface area contributed by atoms with Gasteiger partial charge < -0.3 is 4.90 Å². The molecule has 3 rings (SSSR count). The molecule has 1 fully saturated rings. The molecule has 28 heavy (non-hydrogen) atoms. The zero-order chi connectivity index (χ0) is 20.1. The van der Waals surface area contributed by atoms with Gasteiger partial charge in [0, 0.05) is 37.7 Å². The van der Waals surface area contributed by atoms with E-state index in [-0.39, 0.29) is 5.88 Å². The molecule has 154 valence electrons. The Bertz CT molecular complexity index is 860. The lowest BCUT2D eigenvalue weighted by Gasteiger charge is -2.19. The van der Waals surface area contributed by atoms with Crippen LogP contribution in [0.4, 0.5) is 0 Å². The van der Waals surface area contributed by atoms with Gasteiger partial charge in [0.15, 0.2) is 5.71 Å². The van der Waals surface area contributed by atoms with Crippen LogP contribution in [0.25, 0.3) is 0 Å². The van der Waals surface area contributed by atoms with Gasteiger partial charge in [0.2, 0.25) is 0 Å². The van der Waals surface area contributed by atoms with Crippen LogP contribution in [0.2, 0.25) is 0 Å². The Kier molecular flexibility index (Phi) is 6.94. The second kappa shape index (κ2) is 9.23. The van der Waals surface area contributed by atoms with Crippen molar-refractivity contribution in [1.82, 2.24) is 4.90 Å². The molecule has 0 aromatic carbocycles. The third-order valence-electron chi connectivity index (χ3n) is 6.04. The van der Waals surface area contributed by atoms with E-state index in [1.165, 1.54) is 41.8 Å². The molecule has 0 atom stereocenters. The van der Waals surface area contributed by atoms with Gasteiger partial charge in [0.1, 0.15) is 6.54 Å². The molecule has 0 unspecified atom stereocenters. The van der Waals surface area contributed by atoms with Crippen LogP contribution < -0.4 is 0 Å². The molecule has 6 heteroatoms. The van der Waals surface area contributed by atoms with Crippen molar-refractivity contribution in [2.24, 2.45) is 0 Å². The van der Waals surface area contributed by atoms with Gasteiger partial charge in [-0.25, -0.2) is 4.58 Å². The highest BCUT2D eigenvalue weighted by molar-refractivity contribution is 7.85. The smallest absolute Gasteiger partial charge is 0.326 e. The minimum atomic E-state index is -3.99. The summed E-state index contributed by atoms with van der Waals surface area (Å²) in [6.45, 7) is 7.35. The molecule has 2 aliphatic heterocycles. The fraction of sp³-hybridized carbons (Fsp3) is 0.591. The first-order chi connectivity index (χ1) is 13.4. The molecule has 3 aliphatic rings. The van der Waals surface area contributed by atoms with Crippen LogP contribution in [0.15, 0.2) is 46.7 Å². The first-order valence-electron chi connectivity index (χ1n) is 10.5. The maximum atomic E-state index is 11.2. The van der Waals surface area contributed by atoms with Gasteiger partial charge in [0.05, 0.1) is 0 Å². The van der Waals surface area contributed by atoms with Crippen LogP contribution in [0.1, 0.15) is 58.8 Å². The number of hydrogen-bond donors (Lipinski definition) is 1. The lowest BCUT2D eigenvalue weighted by Crippen LogP contribution is -2.22. The molecule has 0 aromatic heterocycles. The summed E-state index contributed by atoms with van der Waals surface area (Å²) in [6.07, 6.45) is 16.4. The molecule has 0 radical (unpaired) electrons. The van der Waals surface area contributed by atoms with E-state index in [0.717, 1.165) is 44.4 Å². The Morgan fingerprint density at radius 1 is 1.07 bits per heavy atom. The maximum absolute atomic E-state index is 11.2. The Morgan fingerprint density at radius 3 is 2.64 bits per heavy atom. The molecule has 0 aromatic rings. The molecule has 0 saturated carbocycles. The Morgan fingerprint density at radius 2 is 1.89 bits per heavy atom. The monoisotopic (exact) mass is 405 g/mol. The van der Waals surface area contributed by atoms with Gasteiger partial charge in [-0.2, -0.15) is 8.42 Å². The number of nitrogens with zero attached hydrogens (tertiary/aromatic N) is 2. The molecule has 1 saturated heterocycles. The van der Waals surface area contributed by atoms with Crippen LogP contribution in [-0.4, -0.2) is 53.7 Å². The molecule has 0 spiro atoms. The van der Waals surface area contributed by atoms with Crippen molar-refractivity contribution in [2.75, 3.05) is 25.5 Å². The average molecular weight is 406 g/mol. The Hall–Kier alpha value is -1.66. The van der Waals surface area contributed by atoms with E-state index >= 15 is 0 Å². The predicted molar refractivity (Wildman–Crippen MR) is 114 cm³/mol. The van der Waals surface area contributed by atoms with E-state index in [0.29, 0.717) is 6.54 Å². The van der Waals surface area contributed by atoms with Gasteiger partial charge in [-0.15, -0.1) is 0 Å². The van der Waals surface area contributed by atoms with E-state index in [2.05, 4.69) is 37.0 Å². The van der Waals surface area contributed by atoms with Gasteiger partial charge in [-0.3, -0.25) is 4.55 Å². The van der Waals surface area contributed by atoms with E-state index in [1.807, 2.05) is 6.08 Å². The summed E-state index contributed by atoms with van der Waals surface area (Å²) in [5, 5.41) is 0. The molecule has 2 heterocycles. The first-order valence-corrected chi connectivity index (χ1v) is 12.1. The van der Waals surface area contributed by atoms with Crippen molar-refractivity contribution >= 4 is 15.8 Å². The third kappa shape index (κ3) is 5.45. The largest absolute Gasteiger partial charge is 0.375 e. The minimum absolute atomic E-state index is 0.308. The second-order valence-corrected chi connectivity index (χ2v) is 9.36. The van der Waals surface area contributed by atoms with Crippen molar-refractivity contribution in [1.29, 1.82) is 0 Å². The van der Waals surface area contributed by atoms with Crippen LogP contribution >= 0.6 is 0 Å². The summed E-state index contributed by atoms with van der Waals surface area (Å²) in [6, 6.07) is 0. The zero-order valence-corrected chi connectivity index (χ0v) is 18.0. The normalized spacial score (nSPS) is 24.6. The highest BCUT2D eigenvalue weighted by Crippen LogP contribution is 2.31. The summed E-state index contributed by atoms with van der Waals surface area (Å²) >= 11 is 0. The number of hydrogen-bond acceptors (Lipinski definition) is 3. The maximum Gasteiger partial charge on any atom is 0.326 e. The fourth-order valence-corrected chi connectivity index (χ4v) is 5.14. The molecule has 1 aliphatic carbocycles. The first kappa shape index (κ1) is 21.1. The lowest BCUT2D eigenvalue weighted by atomic mass is 9.87. The summed E-state index contributed by atoms with van der Waals surface area (Å²) in [4.78, 5) is 2.46. The Balaban J connectivity index is 1.78. The van der Waals surface area contributed by atoms with E-state index < -0.39 is 10.1 Å². The number of allylic oxidation sites excluding steroid dienone is 8. The number of rotatable bonds is 6. The number of likely N-dealkylation sites (tertiary alicyclic amines) is 1. The van der Waals surface area contributed by atoms with Crippen LogP contribution in [0, 0.1) is 0 Å². The van der Waals surface area contributed by atoms with Crippen molar-refractivity contribution in [2.45, 2.75) is 58.8 Å². The summed E-state index contributed by atoms with van der Waals surface area (Å²) in [5.41, 5.74) is 6.54. The molecule has 1 N–H and O–H groups in total. The zero-order valence-electron chi connectivity index (χ0n) is 17.2. The topological polar surface area (TPSA) is 60.6 Å². The third-order valence-corrected chi connectivity index (χ3v) is 6.68. The van der Waals surface area contributed by atoms with Gasteiger partial charge in [-0.05, 0) is 68.7 Å². The van der Waals surface area contributed by atoms with E-state index in [4.69, 9.17) is 4.55 Å². The fourth-order valence-electron chi connectivity index (χ4n) is 4.45. The molecular formula is C22H33N2O3S+. The van der Waals surface area contributed by atoms with Crippen molar-refractivity contribution < 1.29 is 17.5 Å². The summed E-state index contributed by atoms with van der Waals surface area (Å²) in [7, 11) is -3.99. The minimum Gasteiger partial charge on any atom is -0.375 e. The quantitative estimate of drug-likeness (QED) is 0.535. The van der Waals surface area contributed by atoms with Crippen LogP contribution in [0.3, 0.4) is 0 Å². The van der Waals surface area contributed by atoms with Crippen molar-refractivity contribution in [3.8, 4) is 0 Å². The van der Waals surface area contributed by atoms with E-state index in [9.17, 15) is 8.42 Å². The second-order valence-electron chi connectivity index (χ2n) is 7.94. The summed E-state index contributed by atoms with van der Waals surface area (Å²) in [5.74, 6) is -0.308. The van der Waals surface area contributed by atoms with Crippen molar-refractivity contribution in [3.63, 3.8) is 0 Å².